The zero-order valence-corrected chi connectivity index (χ0v) is 14.0. The van der Waals surface area contributed by atoms with Gasteiger partial charge in [-0.1, -0.05) is 50.6 Å². The minimum absolute atomic E-state index is 0.640. The van der Waals surface area contributed by atoms with E-state index in [1.165, 1.54) is 44.3 Å². The van der Waals surface area contributed by atoms with Gasteiger partial charge in [0.2, 0.25) is 0 Å². The third-order valence-electron chi connectivity index (χ3n) is 4.73. The lowest BCUT2D eigenvalue weighted by Crippen LogP contribution is -2.48. The average molecular weight is 288 g/mol. The summed E-state index contributed by atoms with van der Waals surface area (Å²) >= 11 is 0. The molecule has 0 saturated carbocycles. The van der Waals surface area contributed by atoms with Crippen LogP contribution in [0.3, 0.4) is 0 Å². The van der Waals surface area contributed by atoms with Crippen LogP contribution in [-0.4, -0.2) is 30.1 Å². The van der Waals surface area contributed by atoms with Crippen molar-refractivity contribution in [2.45, 2.75) is 65.1 Å². The molecule has 0 radical (unpaired) electrons. The molecule has 0 aliphatic carbocycles. The van der Waals surface area contributed by atoms with Gasteiger partial charge in [-0.3, -0.25) is 4.90 Å². The Hall–Kier alpha value is -0.860. The molecular weight excluding hydrogens is 256 g/mol. The van der Waals surface area contributed by atoms with Crippen molar-refractivity contribution in [1.82, 2.24) is 10.2 Å². The predicted molar refractivity (Wildman–Crippen MR) is 91.4 cm³/mol. The van der Waals surface area contributed by atoms with E-state index < -0.39 is 0 Å². The number of nitrogens with zero attached hydrogens (tertiary/aromatic N) is 1. The molecule has 1 aromatic carbocycles. The number of likely N-dealkylation sites (tertiary alicyclic amines) is 1. The maximum Gasteiger partial charge on any atom is 0.0234 e. The molecular formula is C19H32N2. The van der Waals surface area contributed by atoms with E-state index in [1.54, 1.807) is 0 Å². The Balaban J connectivity index is 1.78. The van der Waals surface area contributed by atoms with Gasteiger partial charge >= 0.3 is 0 Å². The molecule has 2 heteroatoms. The largest absolute Gasteiger partial charge is 0.310 e. The van der Waals surface area contributed by atoms with Gasteiger partial charge in [0.15, 0.2) is 0 Å². The zero-order chi connectivity index (χ0) is 15.1. The van der Waals surface area contributed by atoms with Gasteiger partial charge in [-0.05, 0) is 44.2 Å². The molecule has 1 fully saturated rings. The topological polar surface area (TPSA) is 15.3 Å². The summed E-state index contributed by atoms with van der Waals surface area (Å²) in [5, 5.41) is 3.86. The van der Waals surface area contributed by atoms with Gasteiger partial charge in [-0.2, -0.15) is 0 Å². The highest BCUT2D eigenvalue weighted by atomic mass is 15.2. The summed E-state index contributed by atoms with van der Waals surface area (Å²) in [5.74, 6) is 0.830. The fourth-order valence-corrected chi connectivity index (χ4v) is 3.42. The molecule has 1 heterocycles. The summed E-state index contributed by atoms with van der Waals surface area (Å²) in [7, 11) is 0. The van der Waals surface area contributed by atoms with Crippen molar-refractivity contribution < 1.29 is 0 Å². The van der Waals surface area contributed by atoms with Crippen LogP contribution in [0.4, 0.5) is 0 Å². The van der Waals surface area contributed by atoms with Crippen molar-refractivity contribution in [2.75, 3.05) is 13.1 Å². The molecule has 0 amide bonds. The molecule has 118 valence electrons. The molecule has 0 aromatic heterocycles. The third-order valence-corrected chi connectivity index (χ3v) is 4.73. The minimum Gasteiger partial charge on any atom is -0.310 e. The van der Waals surface area contributed by atoms with Gasteiger partial charge in [-0.25, -0.2) is 0 Å². The Morgan fingerprint density at radius 1 is 1.24 bits per heavy atom. The van der Waals surface area contributed by atoms with Gasteiger partial charge in [0.05, 0.1) is 0 Å². The molecule has 1 aliphatic rings. The van der Waals surface area contributed by atoms with E-state index in [0.29, 0.717) is 12.1 Å². The molecule has 3 unspecified atom stereocenters. The van der Waals surface area contributed by atoms with Gasteiger partial charge in [0.1, 0.15) is 0 Å². The fraction of sp³-hybridized carbons (Fsp3) is 0.684. The molecule has 0 bridgehead atoms. The molecule has 21 heavy (non-hydrogen) atoms. The Bertz CT molecular complexity index is 390. The van der Waals surface area contributed by atoms with Crippen LogP contribution in [0, 0.1) is 5.92 Å². The first-order valence-corrected chi connectivity index (χ1v) is 8.69. The highest BCUT2D eigenvalue weighted by molar-refractivity contribution is 5.14. The maximum absolute atomic E-state index is 3.86. The predicted octanol–water partition coefficient (Wildman–Crippen LogP) is 4.07. The van der Waals surface area contributed by atoms with Crippen LogP contribution >= 0.6 is 0 Å². The number of hydrogen-bond acceptors (Lipinski definition) is 2. The molecule has 1 saturated heterocycles. The Morgan fingerprint density at radius 3 is 2.71 bits per heavy atom. The molecule has 1 aliphatic heterocycles. The number of piperidine rings is 1. The number of benzene rings is 1. The van der Waals surface area contributed by atoms with E-state index in [2.05, 4.69) is 61.3 Å². The third kappa shape index (κ3) is 5.80. The van der Waals surface area contributed by atoms with Crippen molar-refractivity contribution >= 4 is 0 Å². The van der Waals surface area contributed by atoms with Crippen molar-refractivity contribution in [3.05, 3.63) is 35.9 Å². The van der Waals surface area contributed by atoms with E-state index in [-0.39, 0.29) is 0 Å². The first-order chi connectivity index (χ1) is 10.2. The molecule has 2 nitrogen and oxygen atoms in total. The number of nitrogens with one attached hydrogen (secondary N) is 1. The van der Waals surface area contributed by atoms with Gasteiger partial charge < -0.3 is 5.32 Å². The first kappa shape index (κ1) is 16.5. The van der Waals surface area contributed by atoms with E-state index in [0.717, 1.165) is 12.5 Å². The molecule has 1 aromatic rings. The summed E-state index contributed by atoms with van der Waals surface area (Å²) < 4.78 is 0. The lowest BCUT2D eigenvalue weighted by molar-refractivity contribution is 0.174. The summed E-state index contributed by atoms with van der Waals surface area (Å²) in [6.07, 6.45) is 5.24. The summed E-state index contributed by atoms with van der Waals surface area (Å²) in [4.78, 5) is 2.60. The quantitative estimate of drug-likeness (QED) is 0.814. The fourth-order valence-electron chi connectivity index (χ4n) is 3.42. The Labute approximate surface area is 130 Å². The Morgan fingerprint density at radius 2 is 2.00 bits per heavy atom. The van der Waals surface area contributed by atoms with Crippen LogP contribution in [0.25, 0.3) is 0 Å². The van der Waals surface area contributed by atoms with Crippen molar-refractivity contribution in [1.29, 1.82) is 0 Å². The molecule has 0 spiro atoms. The SMILES string of the molecule is CCC(C)CC(C)NC1CCCN(Cc2ccccc2)C1. The van der Waals surface area contributed by atoms with Crippen LogP contribution in [0.1, 0.15) is 52.0 Å². The second-order valence-electron chi connectivity index (χ2n) is 6.88. The van der Waals surface area contributed by atoms with Crippen LogP contribution in [0.15, 0.2) is 30.3 Å². The second-order valence-corrected chi connectivity index (χ2v) is 6.88. The standard InChI is InChI=1S/C19H32N2/c1-4-16(2)13-17(3)20-19-11-8-12-21(15-19)14-18-9-6-5-7-10-18/h5-7,9-10,16-17,19-20H,4,8,11-15H2,1-3H3. The van der Waals surface area contributed by atoms with E-state index in [1.807, 2.05) is 0 Å². The van der Waals surface area contributed by atoms with Crippen LogP contribution < -0.4 is 5.32 Å². The highest BCUT2D eigenvalue weighted by Crippen LogP contribution is 2.16. The smallest absolute Gasteiger partial charge is 0.0234 e. The van der Waals surface area contributed by atoms with Crippen LogP contribution in [-0.2, 0) is 6.54 Å². The summed E-state index contributed by atoms with van der Waals surface area (Å²) in [5.41, 5.74) is 1.44. The van der Waals surface area contributed by atoms with E-state index in [4.69, 9.17) is 0 Å². The van der Waals surface area contributed by atoms with Crippen molar-refractivity contribution in [3.63, 3.8) is 0 Å². The lowest BCUT2D eigenvalue weighted by atomic mass is 9.98. The number of rotatable bonds is 7. The number of hydrogen-bond donors (Lipinski definition) is 1. The van der Waals surface area contributed by atoms with Crippen LogP contribution in [0.2, 0.25) is 0 Å². The van der Waals surface area contributed by atoms with Gasteiger partial charge in [-0.15, -0.1) is 0 Å². The normalized spacial score (nSPS) is 22.9. The molecule has 3 atom stereocenters. The molecule has 1 N–H and O–H groups in total. The molecule has 2 rings (SSSR count). The lowest BCUT2D eigenvalue weighted by Gasteiger charge is -2.35. The maximum atomic E-state index is 3.86. The monoisotopic (exact) mass is 288 g/mol. The zero-order valence-electron chi connectivity index (χ0n) is 14.0. The van der Waals surface area contributed by atoms with E-state index in [9.17, 15) is 0 Å². The van der Waals surface area contributed by atoms with Crippen LogP contribution in [0.5, 0.6) is 0 Å². The average Bonchev–Trinajstić information content (AvgIpc) is 2.48. The van der Waals surface area contributed by atoms with Crippen molar-refractivity contribution in [3.8, 4) is 0 Å². The Kier molecular flexibility index (Phi) is 6.72. The summed E-state index contributed by atoms with van der Waals surface area (Å²) in [6.45, 7) is 10.5. The van der Waals surface area contributed by atoms with Gasteiger partial charge in [0, 0.05) is 25.2 Å². The van der Waals surface area contributed by atoms with Gasteiger partial charge in [0.25, 0.3) is 0 Å². The van der Waals surface area contributed by atoms with Crippen molar-refractivity contribution in [2.24, 2.45) is 5.92 Å². The minimum atomic E-state index is 0.640. The first-order valence-electron chi connectivity index (χ1n) is 8.69. The second kappa shape index (κ2) is 8.55. The van der Waals surface area contributed by atoms with E-state index >= 15 is 0 Å². The summed E-state index contributed by atoms with van der Waals surface area (Å²) in [6, 6.07) is 12.2. The highest BCUT2D eigenvalue weighted by Gasteiger charge is 2.21.